The predicted molar refractivity (Wildman–Crippen MR) is 101 cm³/mol. The zero-order valence-electron chi connectivity index (χ0n) is 15.6. The van der Waals surface area contributed by atoms with Crippen LogP contribution >= 0.6 is 0 Å². The lowest BCUT2D eigenvalue weighted by atomic mass is 9.99. The number of carbonyl (C=O) groups excluding carboxylic acids is 1. The van der Waals surface area contributed by atoms with Crippen LogP contribution in [0.3, 0.4) is 0 Å². The van der Waals surface area contributed by atoms with Gasteiger partial charge in [-0.05, 0) is 29.8 Å². The minimum absolute atomic E-state index is 0.230. The molecule has 8 nitrogen and oxygen atoms in total. The molecule has 3 rings (SSSR count). The average Bonchev–Trinajstić information content (AvgIpc) is 2.75. The smallest absolute Gasteiger partial charge is 0.188 e. The minimum Gasteiger partial charge on any atom is -0.489 e. The average molecular weight is 404 g/mol. The monoisotopic (exact) mass is 404 g/mol. The number of carbonyl (C=O) groups is 1. The highest BCUT2D eigenvalue weighted by Crippen LogP contribution is 2.20. The van der Waals surface area contributed by atoms with E-state index < -0.39 is 30.7 Å². The summed E-state index contributed by atoms with van der Waals surface area (Å²) in [6.07, 6.45) is -7.31. The molecule has 0 unspecified atom stereocenters. The molecule has 0 amide bonds. The summed E-state index contributed by atoms with van der Waals surface area (Å²) in [5.41, 5.74) is 1.47. The molecular weight excluding hydrogens is 380 g/mol. The van der Waals surface area contributed by atoms with E-state index in [1.165, 1.54) is 0 Å². The van der Waals surface area contributed by atoms with Crippen molar-refractivity contribution < 1.29 is 39.4 Å². The molecule has 8 heteroatoms. The maximum Gasteiger partial charge on any atom is 0.188 e. The molecule has 0 aliphatic carbocycles. The Hall–Kier alpha value is -2.33. The highest BCUT2D eigenvalue weighted by Gasteiger charge is 2.43. The maximum atomic E-state index is 12.2. The number of Topliss-reactive ketones (excluding diaryl/α,β-unsaturated/α-hetero) is 1. The molecule has 2 aromatic rings. The lowest BCUT2D eigenvalue weighted by molar-refractivity contribution is -0.288. The van der Waals surface area contributed by atoms with Crippen molar-refractivity contribution in [1.29, 1.82) is 0 Å². The van der Waals surface area contributed by atoms with Crippen molar-refractivity contribution in [3.8, 4) is 5.75 Å². The second-order valence-corrected chi connectivity index (χ2v) is 6.77. The summed E-state index contributed by atoms with van der Waals surface area (Å²) >= 11 is 0. The van der Waals surface area contributed by atoms with Gasteiger partial charge in [-0.15, -0.1) is 0 Å². The minimum atomic E-state index is -1.64. The van der Waals surface area contributed by atoms with Gasteiger partial charge in [-0.3, -0.25) is 4.79 Å². The third kappa shape index (κ3) is 5.60. The van der Waals surface area contributed by atoms with Gasteiger partial charge in [0.25, 0.3) is 0 Å². The van der Waals surface area contributed by atoms with E-state index in [1.807, 2.05) is 30.3 Å². The van der Waals surface area contributed by atoms with Gasteiger partial charge in [-0.1, -0.05) is 30.3 Å². The van der Waals surface area contributed by atoms with Gasteiger partial charge in [-0.2, -0.15) is 0 Å². The lowest BCUT2D eigenvalue weighted by Crippen LogP contribution is -2.58. The van der Waals surface area contributed by atoms with Crippen molar-refractivity contribution in [1.82, 2.24) is 0 Å². The SMILES string of the molecule is O=C(COC[C@H]1O[C@@H](O)[C@H](O)[C@@H](O)[C@@H]1O)c1ccc(OCc2ccccc2)cc1. The summed E-state index contributed by atoms with van der Waals surface area (Å²) in [6, 6.07) is 16.4. The molecule has 1 aliphatic rings. The number of hydrogen-bond donors (Lipinski definition) is 4. The van der Waals surface area contributed by atoms with E-state index in [0.717, 1.165) is 5.56 Å². The maximum absolute atomic E-state index is 12.2. The van der Waals surface area contributed by atoms with E-state index in [0.29, 0.717) is 17.9 Å². The molecule has 0 saturated carbocycles. The number of hydrogen-bond acceptors (Lipinski definition) is 8. The Balaban J connectivity index is 1.45. The normalized spacial score (nSPS) is 26.8. The molecule has 1 saturated heterocycles. The second kappa shape index (κ2) is 9.93. The summed E-state index contributed by atoms with van der Waals surface area (Å²) in [7, 11) is 0. The lowest BCUT2D eigenvalue weighted by Gasteiger charge is -2.38. The molecule has 0 spiro atoms. The largest absolute Gasteiger partial charge is 0.489 e. The molecule has 0 bridgehead atoms. The molecule has 156 valence electrons. The summed E-state index contributed by atoms with van der Waals surface area (Å²) in [6.45, 7) is -0.0785. The zero-order chi connectivity index (χ0) is 20.8. The molecule has 1 aliphatic heterocycles. The van der Waals surface area contributed by atoms with Crippen molar-refractivity contribution in [3.05, 3.63) is 65.7 Å². The molecule has 4 N–H and O–H groups in total. The first-order chi connectivity index (χ1) is 14.0. The van der Waals surface area contributed by atoms with Gasteiger partial charge in [0.05, 0.1) is 6.61 Å². The van der Waals surface area contributed by atoms with E-state index in [4.69, 9.17) is 14.2 Å². The van der Waals surface area contributed by atoms with E-state index in [9.17, 15) is 25.2 Å². The number of rotatable bonds is 8. The molecular formula is C21H24O8. The standard InChI is InChI=1S/C21H24O8/c22-16(11-27-12-17-18(23)19(24)20(25)21(26)29-17)14-6-8-15(9-7-14)28-10-13-4-2-1-3-5-13/h1-9,17-21,23-26H,10-12H2/t17-,18-,19+,20-,21-/m1/s1. The van der Waals surface area contributed by atoms with Crippen LogP contribution in [0.25, 0.3) is 0 Å². The Morgan fingerprint density at radius 1 is 0.897 bits per heavy atom. The molecule has 0 radical (unpaired) electrons. The number of aliphatic hydroxyl groups excluding tert-OH is 4. The van der Waals surface area contributed by atoms with Crippen molar-refractivity contribution in [2.24, 2.45) is 0 Å². The van der Waals surface area contributed by atoms with Crippen LogP contribution in [0.4, 0.5) is 0 Å². The fourth-order valence-corrected chi connectivity index (χ4v) is 2.90. The van der Waals surface area contributed by atoms with Crippen LogP contribution in [0.1, 0.15) is 15.9 Å². The van der Waals surface area contributed by atoms with Crippen molar-refractivity contribution in [3.63, 3.8) is 0 Å². The van der Waals surface area contributed by atoms with Crippen LogP contribution in [-0.4, -0.2) is 70.1 Å². The first kappa shape index (κ1) is 21.4. The Morgan fingerprint density at radius 2 is 1.59 bits per heavy atom. The summed E-state index contributed by atoms with van der Waals surface area (Å²) < 4.78 is 15.9. The van der Waals surface area contributed by atoms with Crippen molar-refractivity contribution in [2.75, 3.05) is 13.2 Å². The zero-order valence-corrected chi connectivity index (χ0v) is 15.6. The van der Waals surface area contributed by atoms with Crippen LogP contribution in [0, 0.1) is 0 Å². The molecule has 2 aromatic carbocycles. The van der Waals surface area contributed by atoms with Crippen molar-refractivity contribution >= 4 is 5.78 Å². The molecule has 0 aromatic heterocycles. The van der Waals surface area contributed by atoms with Crippen LogP contribution < -0.4 is 4.74 Å². The van der Waals surface area contributed by atoms with Gasteiger partial charge < -0.3 is 34.6 Å². The number of benzene rings is 2. The van der Waals surface area contributed by atoms with Gasteiger partial charge in [0.15, 0.2) is 12.1 Å². The second-order valence-electron chi connectivity index (χ2n) is 6.77. The first-order valence-corrected chi connectivity index (χ1v) is 9.21. The highest BCUT2D eigenvalue weighted by atomic mass is 16.6. The number of aliphatic hydroxyl groups is 4. The predicted octanol–water partition coefficient (Wildman–Crippen LogP) is 0.265. The highest BCUT2D eigenvalue weighted by molar-refractivity contribution is 5.97. The number of ketones is 1. The number of ether oxygens (including phenoxy) is 3. The Labute approximate surface area is 167 Å². The molecule has 29 heavy (non-hydrogen) atoms. The summed E-state index contributed by atoms with van der Waals surface area (Å²) in [5, 5.41) is 38.4. The summed E-state index contributed by atoms with van der Waals surface area (Å²) in [5.74, 6) is 0.345. The van der Waals surface area contributed by atoms with Crippen LogP contribution in [-0.2, 0) is 16.1 Å². The first-order valence-electron chi connectivity index (χ1n) is 9.21. The van der Waals surface area contributed by atoms with Crippen LogP contribution in [0.5, 0.6) is 5.75 Å². The van der Waals surface area contributed by atoms with E-state index >= 15 is 0 Å². The fourth-order valence-electron chi connectivity index (χ4n) is 2.90. The van der Waals surface area contributed by atoms with E-state index in [1.54, 1.807) is 24.3 Å². The molecule has 1 fully saturated rings. The topological polar surface area (TPSA) is 126 Å². The Kier molecular flexibility index (Phi) is 7.32. The quantitative estimate of drug-likeness (QED) is 0.462. The van der Waals surface area contributed by atoms with Crippen LogP contribution in [0.2, 0.25) is 0 Å². The third-order valence-corrected chi connectivity index (χ3v) is 4.63. The summed E-state index contributed by atoms with van der Waals surface area (Å²) in [4.78, 5) is 12.2. The molecule has 5 atom stereocenters. The Bertz CT molecular complexity index is 779. The van der Waals surface area contributed by atoms with Crippen LogP contribution in [0.15, 0.2) is 54.6 Å². The Morgan fingerprint density at radius 3 is 2.28 bits per heavy atom. The van der Waals surface area contributed by atoms with Gasteiger partial charge in [0.1, 0.15) is 43.4 Å². The van der Waals surface area contributed by atoms with Crippen molar-refractivity contribution in [2.45, 2.75) is 37.3 Å². The molecule has 1 heterocycles. The van der Waals surface area contributed by atoms with Gasteiger partial charge in [0, 0.05) is 5.56 Å². The fraction of sp³-hybridized carbons (Fsp3) is 0.381. The van der Waals surface area contributed by atoms with E-state index in [-0.39, 0.29) is 19.0 Å². The van der Waals surface area contributed by atoms with Gasteiger partial charge in [-0.25, -0.2) is 0 Å². The van der Waals surface area contributed by atoms with E-state index in [2.05, 4.69) is 0 Å². The van der Waals surface area contributed by atoms with Gasteiger partial charge in [0.2, 0.25) is 0 Å². The van der Waals surface area contributed by atoms with Gasteiger partial charge >= 0.3 is 0 Å². The third-order valence-electron chi connectivity index (χ3n) is 4.63.